The lowest BCUT2D eigenvalue weighted by Gasteiger charge is -2.19. The number of aromatic nitrogens is 2. The van der Waals surface area contributed by atoms with Gasteiger partial charge < -0.3 is 16.0 Å². The maximum Gasteiger partial charge on any atom is 0.134 e. The van der Waals surface area contributed by atoms with Gasteiger partial charge in [-0.25, -0.2) is 9.97 Å². The molecule has 5 heteroatoms. The molecule has 0 atom stereocenters. The lowest BCUT2D eigenvalue weighted by molar-refractivity contribution is 0.606. The molecule has 5 nitrogen and oxygen atoms in total. The topological polar surface area (TPSA) is 67.1 Å². The van der Waals surface area contributed by atoms with E-state index in [1.165, 1.54) is 0 Å². The third-order valence-corrected chi connectivity index (χ3v) is 2.94. The summed E-state index contributed by atoms with van der Waals surface area (Å²) in [5.74, 6) is 3.35. The standard InChI is InChI=1S/C14H27N5/c1-11(2)6-8-16-13-10-14(18-12(3)17-13)19(4)9-5-7-15/h10-11H,5-9,15H2,1-4H3,(H,16,17,18). The van der Waals surface area contributed by atoms with Crippen LogP contribution in [0.25, 0.3) is 0 Å². The lowest BCUT2D eigenvalue weighted by atomic mass is 10.1. The molecule has 0 spiro atoms. The van der Waals surface area contributed by atoms with E-state index < -0.39 is 0 Å². The summed E-state index contributed by atoms with van der Waals surface area (Å²) in [5.41, 5.74) is 5.54. The summed E-state index contributed by atoms with van der Waals surface area (Å²) in [6.45, 7) is 8.93. The Kier molecular flexibility index (Phi) is 6.56. The number of hydrogen-bond acceptors (Lipinski definition) is 5. The molecule has 3 N–H and O–H groups in total. The fourth-order valence-corrected chi connectivity index (χ4v) is 1.77. The molecule has 0 bridgehead atoms. The van der Waals surface area contributed by atoms with Gasteiger partial charge in [0.15, 0.2) is 0 Å². The van der Waals surface area contributed by atoms with E-state index in [-0.39, 0.29) is 0 Å². The zero-order chi connectivity index (χ0) is 14.3. The second kappa shape index (κ2) is 7.94. The van der Waals surface area contributed by atoms with E-state index in [2.05, 4.69) is 34.0 Å². The van der Waals surface area contributed by atoms with Crippen LogP contribution in [-0.2, 0) is 0 Å². The molecule has 0 saturated carbocycles. The van der Waals surface area contributed by atoms with Gasteiger partial charge in [0.1, 0.15) is 17.5 Å². The molecule has 0 aliphatic heterocycles. The van der Waals surface area contributed by atoms with E-state index in [4.69, 9.17) is 5.73 Å². The highest BCUT2D eigenvalue weighted by molar-refractivity contribution is 5.48. The second-order valence-corrected chi connectivity index (χ2v) is 5.33. The Balaban J connectivity index is 2.65. The van der Waals surface area contributed by atoms with Crippen molar-refractivity contribution < 1.29 is 0 Å². The molecule has 0 aromatic carbocycles. The third kappa shape index (κ3) is 5.87. The van der Waals surface area contributed by atoms with Crippen molar-refractivity contribution in [3.63, 3.8) is 0 Å². The van der Waals surface area contributed by atoms with Crippen LogP contribution in [-0.4, -0.2) is 36.6 Å². The molecule has 0 aliphatic carbocycles. The first kappa shape index (κ1) is 15.7. The summed E-state index contributed by atoms with van der Waals surface area (Å²) >= 11 is 0. The number of rotatable bonds is 8. The predicted molar refractivity (Wildman–Crippen MR) is 81.7 cm³/mol. The quantitative estimate of drug-likeness (QED) is 0.753. The van der Waals surface area contributed by atoms with Gasteiger partial charge in [0.25, 0.3) is 0 Å². The smallest absolute Gasteiger partial charge is 0.134 e. The average Bonchev–Trinajstić information content (AvgIpc) is 2.34. The zero-order valence-electron chi connectivity index (χ0n) is 12.6. The number of hydrogen-bond donors (Lipinski definition) is 2. The molecule has 0 fully saturated rings. The van der Waals surface area contributed by atoms with Crippen molar-refractivity contribution in [3.05, 3.63) is 11.9 Å². The van der Waals surface area contributed by atoms with Crippen LogP contribution < -0.4 is 16.0 Å². The number of nitrogens with two attached hydrogens (primary N) is 1. The molecule has 0 unspecified atom stereocenters. The molecule has 1 heterocycles. The van der Waals surface area contributed by atoms with Gasteiger partial charge in [-0.1, -0.05) is 13.8 Å². The van der Waals surface area contributed by atoms with E-state index >= 15 is 0 Å². The van der Waals surface area contributed by atoms with Gasteiger partial charge in [0, 0.05) is 26.2 Å². The fraction of sp³-hybridized carbons (Fsp3) is 0.714. The van der Waals surface area contributed by atoms with Gasteiger partial charge in [-0.2, -0.15) is 0 Å². The van der Waals surface area contributed by atoms with Crippen LogP contribution >= 0.6 is 0 Å². The van der Waals surface area contributed by atoms with Crippen LogP contribution in [0.3, 0.4) is 0 Å². The molecule has 0 radical (unpaired) electrons. The minimum absolute atomic E-state index is 0.696. The van der Waals surface area contributed by atoms with Crippen LogP contribution in [0.2, 0.25) is 0 Å². The Labute approximate surface area is 116 Å². The summed E-state index contributed by atoms with van der Waals surface area (Å²) in [7, 11) is 2.04. The Bertz CT molecular complexity index is 378. The van der Waals surface area contributed by atoms with Crippen LogP contribution in [0.5, 0.6) is 0 Å². The number of nitrogens with one attached hydrogen (secondary N) is 1. The minimum atomic E-state index is 0.696. The van der Waals surface area contributed by atoms with E-state index in [0.717, 1.165) is 43.4 Å². The van der Waals surface area contributed by atoms with E-state index in [1.807, 2.05) is 20.0 Å². The summed E-state index contributed by atoms with van der Waals surface area (Å²) in [4.78, 5) is 11.0. The lowest BCUT2D eigenvalue weighted by Crippen LogP contribution is -2.22. The molecule has 0 amide bonds. The number of anilines is 2. The Hall–Kier alpha value is -1.36. The molecule has 1 aromatic heterocycles. The SMILES string of the molecule is Cc1nc(NCCC(C)C)cc(N(C)CCCN)n1. The first-order valence-corrected chi connectivity index (χ1v) is 7.03. The van der Waals surface area contributed by atoms with Crippen molar-refractivity contribution >= 4 is 11.6 Å². The van der Waals surface area contributed by atoms with E-state index in [1.54, 1.807) is 0 Å². The highest BCUT2D eigenvalue weighted by atomic mass is 15.2. The van der Waals surface area contributed by atoms with Gasteiger partial charge in [-0.05, 0) is 32.2 Å². The van der Waals surface area contributed by atoms with Crippen molar-refractivity contribution in [1.82, 2.24) is 9.97 Å². The monoisotopic (exact) mass is 265 g/mol. The molecular weight excluding hydrogens is 238 g/mol. The molecule has 1 aromatic rings. The van der Waals surface area contributed by atoms with Gasteiger partial charge in [-0.3, -0.25) is 0 Å². The largest absolute Gasteiger partial charge is 0.370 e. The molecule has 19 heavy (non-hydrogen) atoms. The van der Waals surface area contributed by atoms with Crippen LogP contribution in [0.1, 0.15) is 32.5 Å². The maximum atomic E-state index is 5.54. The van der Waals surface area contributed by atoms with Crippen LogP contribution in [0.15, 0.2) is 6.07 Å². The summed E-state index contributed by atoms with van der Waals surface area (Å²) in [6, 6.07) is 2.00. The Morgan fingerprint density at radius 1 is 1.37 bits per heavy atom. The fourth-order valence-electron chi connectivity index (χ4n) is 1.77. The summed E-state index contributed by atoms with van der Waals surface area (Å²) in [5, 5.41) is 3.37. The highest BCUT2D eigenvalue weighted by Gasteiger charge is 2.06. The van der Waals surface area contributed by atoms with E-state index in [9.17, 15) is 0 Å². The first-order chi connectivity index (χ1) is 9.02. The molecular formula is C14H27N5. The Morgan fingerprint density at radius 2 is 2.11 bits per heavy atom. The molecule has 0 saturated heterocycles. The zero-order valence-corrected chi connectivity index (χ0v) is 12.6. The first-order valence-electron chi connectivity index (χ1n) is 7.03. The highest BCUT2D eigenvalue weighted by Crippen LogP contribution is 2.15. The minimum Gasteiger partial charge on any atom is -0.370 e. The molecule has 1 rings (SSSR count). The average molecular weight is 265 g/mol. The second-order valence-electron chi connectivity index (χ2n) is 5.33. The van der Waals surface area contributed by atoms with Crippen molar-refractivity contribution in [2.45, 2.75) is 33.6 Å². The van der Waals surface area contributed by atoms with Crippen molar-refractivity contribution in [1.29, 1.82) is 0 Å². The normalized spacial score (nSPS) is 10.8. The Morgan fingerprint density at radius 3 is 2.74 bits per heavy atom. The van der Waals surface area contributed by atoms with Crippen molar-refractivity contribution in [2.75, 3.05) is 36.9 Å². The van der Waals surface area contributed by atoms with Gasteiger partial charge in [0.2, 0.25) is 0 Å². The van der Waals surface area contributed by atoms with Gasteiger partial charge in [0.05, 0.1) is 0 Å². The van der Waals surface area contributed by atoms with Gasteiger partial charge in [-0.15, -0.1) is 0 Å². The summed E-state index contributed by atoms with van der Waals surface area (Å²) in [6.07, 6.45) is 2.11. The maximum absolute atomic E-state index is 5.54. The number of nitrogens with zero attached hydrogens (tertiary/aromatic N) is 3. The molecule has 0 aliphatic rings. The van der Waals surface area contributed by atoms with Crippen molar-refractivity contribution in [2.24, 2.45) is 11.7 Å². The molecule has 108 valence electrons. The predicted octanol–water partition coefficient (Wildman–Crippen LogP) is 2.03. The summed E-state index contributed by atoms with van der Waals surface area (Å²) < 4.78 is 0. The van der Waals surface area contributed by atoms with Crippen LogP contribution in [0.4, 0.5) is 11.6 Å². The third-order valence-electron chi connectivity index (χ3n) is 2.94. The van der Waals surface area contributed by atoms with Crippen LogP contribution in [0, 0.1) is 12.8 Å². The van der Waals surface area contributed by atoms with Crippen molar-refractivity contribution in [3.8, 4) is 0 Å². The van der Waals surface area contributed by atoms with E-state index in [0.29, 0.717) is 12.5 Å². The van der Waals surface area contributed by atoms with Gasteiger partial charge >= 0.3 is 0 Å². The number of aryl methyl sites for hydroxylation is 1.